The Morgan fingerprint density at radius 1 is 1.21 bits per heavy atom. The lowest BCUT2D eigenvalue weighted by molar-refractivity contribution is -0.385. The van der Waals surface area contributed by atoms with Gasteiger partial charge in [-0.2, -0.15) is 0 Å². The molecule has 0 saturated carbocycles. The number of amides is 1. The van der Waals surface area contributed by atoms with Gasteiger partial charge in [0, 0.05) is 11.1 Å². The highest BCUT2D eigenvalue weighted by Gasteiger charge is 2.27. The van der Waals surface area contributed by atoms with E-state index in [-0.39, 0.29) is 17.1 Å². The van der Waals surface area contributed by atoms with Crippen LogP contribution in [-0.4, -0.2) is 36.1 Å². The average Bonchev–Trinajstić information content (AvgIpc) is 2.65. The van der Waals surface area contributed by atoms with Crippen molar-refractivity contribution in [1.82, 2.24) is 5.32 Å². The maximum atomic E-state index is 12.8. The Morgan fingerprint density at radius 2 is 1.86 bits per heavy atom. The summed E-state index contributed by atoms with van der Waals surface area (Å²) in [5.41, 5.74) is -0.346. The second kappa shape index (κ2) is 9.05. The van der Waals surface area contributed by atoms with Gasteiger partial charge in [0.1, 0.15) is 5.56 Å². The number of aliphatic carboxylic acids is 1. The van der Waals surface area contributed by atoms with E-state index in [0.29, 0.717) is 10.6 Å². The molecule has 0 heterocycles. The van der Waals surface area contributed by atoms with Crippen LogP contribution in [0.5, 0.6) is 11.5 Å². The van der Waals surface area contributed by atoms with Crippen LogP contribution in [0.4, 0.5) is 5.69 Å². The Balaban J connectivity index is 2.45. The maximum absolute atomic E-state index is 12.8. The van der Waals surface area contributed by atoms with Gasteiger partial charge in [-0.25, -0.2) is 0 Å². The summed E-state index contributed by atoms with van der Waals surface area (Å²) in [6.07, 6.45) is -0.437. The van der Waals surface area contributed by atoms with Gasteiger partial charge in [-0.15, -0.1) is 0 Å². The summed E-state index contributed by atoms with van der Waals surface area (Å²) in [6, 6.07) is 7.61. The SMILES string of the molecule is COc1cc(C(=O)NC(CC(=O)O)c2cccc(Cl)c2)c([N+](=O)[O-])cc1OC. The summed E-state index contributed by atoms with van der Waals surface area (Å²) in [5.74, 6) is -1.79. The van der Waals surface area contributed by atoms with Gasteiger partial charge in [0.15, 0.2) is 11.5 Å². The van der Waals surface area contributed by atoms with E-state index in [0.717, 1.165) is 6.07 Å². The Bertz CT molecular complexity index is 917. The van der Waals surface area contributed by atoms with Gasteiger partial charge in [-0.1, -0.05) is 23.7 Å². The summed E-state index contributed by atoms with van der Waals surface area (Å²) in [4.78, 5) is 34.6. The number of nitrogens with zero attached hydrogens (tertiary/aromatic N) is 1. The van der Waals surface area contributed by atoms with Crippen molar-refractivity contribution in [2.24, 2.45) is 0 Å². The topological polar surface area (TPSA) is 128 Å². The van der Waals surface area contributed by atoms with Gasteiger partial charge >= 0.3 is 5.97 Å². The van der Waals surface area contributed by atoms with Crippen LogP contribution in [0.25, 0.3) is 0 Å². The summed E-state index contributed by atoms with van der Waals surface area (Å²) in [5, 5.41) is 23.4. The number of rotatable bonds is 8. The van der Waals surface area contributed by atoms with Crippen molar-refractivity contribution in [3.63, 3.8) is 0 Å². The Kier molecular flexibility index (Phi) is 6.78. The monoisotopic (exact) mass is 408 g/mol. The molecule has 0 saturated heterocycles. The summed E-state index contributed by atoms with van der Waals surface area (Å²) in [7, 11) is 2.63. The number of benzene rings is 2. The third-order valence-corrected chi connectivity index (χ3v) is 4.11. The zero-order chi connectivity index (χ0) is 20.8. The van der Waals surface area contributed by atoms with E-state index in [4.69, 9.17) is 26.2 Å². The number of carbonyl (C=O) groups is 2. The minimum Gasteiger partial charge on any atom is -0.493 e. The number of carbonyl (C=O) groups excluding carboxylic acids is 1. The molecule has 0 fully saturated rings. The number of carboxylic acids is 1. The van der Waals surface area contributed by atoms with Crippen LogP contribution >= 0.6 is 11.6 Å². The normalized spacial score (nSPS) is 11.4. The number of hydrogen-bond donors (Lipinski definition) is 2. The van der Waals surface area contributed by atoms with E-state index >= 15 is 0 Å². The van der Waals surface area contributed by atoms with E-state index in [1.807, 2.05) is 0 Å². The van der Waals surface area contributed by atoms with Crippen LogP contribution in [0, 0.1) is 10.1 Å². The molecule has 1 unspecified atom stereocenters. The molecule has 2 N–H and O–H groups in total. The van der Waals surface area contributed by atoms with Crippen molar-refractivity contribution in [1.29, 1.82) is 0 Å². The molecule has 1 amide bonds. The van der Waals surface area contributed by atoms with Gasteiger partial charge in [0.2, 0.25) is 0 Å². The molecule has 0 radical (unpaired) electrons. The summed E-state index contributed by atoms with van der Waals surface area (Å²) < 4.78 is 10.1. The number of nitro benzene ring substituents is 1. The molecule has 1 atom stereocenters. The van der Waals surface area contributed by atoms with Gasteiger partial charge in [0.25, 0.3) is 11.6 Å². The summed E-state index contributed by atoms with van der Waals surface area (Å²) in [6.45, 7) is 0. The van der Waals surface area contributed by atoms with E-state index in [9.17, 15) is 19.7 Å². The minimum absolute atomic E-state index is 0.0858. The van der Waals surface area contributed by atoms with Gasteiger partial charge in [-0.3, -0.25) is 19.7 Å². The molecular weight excluding hydrogens is 392 g/mol. The van der Waals surface area contributed by atoms with Crippen molar-refractivity contribution in [3.05, 3.63) is 62.7 Å². The lowest BCUT2D eigenvalue weighted by atomic mass is 10.0. The van der Waals surface area contributed by atoms with Crippen molar-refractivity contribution in [3.8, 4) is 11.5 Å². The summed E-state index contributed by atoms with van der Waals surface area (Å²) >= 11 is 5.94. The van der Waals surface area contributed by atoms with Crippen LogP contribution in [0.3, 0.4) is 0 Å². The van der Waals surface area contributed by atoms with Crippen LogP contribution < -0.4 is 14.8 Å². The second-order valence-electron chi connectivity index (χ2n) is 5.66. The van der Waals surface area contributed by atoms with Crippen LogP contribution in [0.1, 0.15) is 28.4 Å². The van der Waals surface area contributed by atoms with E-state index in [1.165, 1.54) is 26.4 Å². The van der Waals surface area contributed by atoms with Crippen molar-refractivity contribution < 1.29 is 29.1 Å². The zero-order valence-corrected chi connectivity index (χ0v) is 15.7. The number of nitro groups is 1. The largest absolute Gasteiger partial charge is 0.493 e. The smallest absolute Gasteiger partial charge is 0.305 e. The molecule has 0 aliphatic heterocycles. The highest BCUT2D eigenvalue weighted by atomic mass is 35.5. The molecule has 2 rings (SSSR count). The molecule has 148 valence electrons. The number of nitrogens with one attached hydrogen (secondary N) is 1. The Morgan fingerprint density at radius 3 is 2.39 bits per heavy atom. The standard InChI is InChI=1S/C18H17ClN2O7/c1-27-15-7-12(14(21(25)26)9-16(15)28-2)18(24)20-13(8-17(22)23)10-4-3-5-11(19)6-10/h3-7,9,13H,8H2,1-2H3,(H,20,24)(H,22,23). The van der Waals surface area contributed by atoms with E-state index in [1.54, 1.807) is 18.2 Å². The van der Waals surface area contributed by atoms with Gasteiger partial charge < -0.3 is 19.9 Å². The third kappa shape index (κ3) is 4.89. The van der Waals surface area contributed by atoms with Crippen molar-refractivity contribution in [2.75, 3.05) is 14.2 Å². The first kappa shape index (κ1) is 21.0. The van der Waals surface area contributed by atoms with Crippen molar-refractivity contribution in [2.45, 2.75) is 12.5 Å². The van der Waals surface area contributed by atoms with Crippen LogP contribution in [0.2, 0.25) is 5.02 Å². The molecule has 2 aromatic rings. The number of carboxylic acid groups (broad SMARTS) is 1. The highest BCUT2D eigenvalue weighted by molar-refractivity contribution is 6.30. The lowest BCUT2D eigenvalue weighted by Gasteiger charge is -2.18. The number of hydrogen-bond acceptors (Lipinski definition) is 6. The number of methoxy groups -OCH3 is 2. The fourth-order valence-electron chi connectivity index (χ4n) is 2.59. The molecule has 2 aromatic carbocycles. The van der Waals surface area contributed by atoms with Crippen LogP contribution in [0.15, 0.2) is 36.4 Å². The fraction of sp³-hybridized carbons (Fsp3) is 0.222. The first-order valence-corrected chi connectivity index (χ1v) is 8.33. The molecular formula is C18H17ClN2O7. The lowest BCUT2D eigenvalue weighted by Crippen LogP contribution is -2.30. The predicted molar refractivity (Wildman–Crippen MR) is 100 cm³/mol. The van der Waals surface area contributed by atoms with Crippen LogP contribution in [-0.2, 0) is 4.79 Å². The quantitative estimate of drug-likeness (QED) is 0.506. The molecule has 0 aliphatic carbocycles. The third-order valence-electron chi connectivity index (χ3n) is 3.88. The highest BCUT2D eigenvalue weighted by Crippen LogP contribution is 2.35. The fourth-order valence-corrected chi connectivity index (χ4v) is 2.79. The maximum Gasteiger partial charge on any atom is 0.305 e. The molecule has 10 heteroatoms. The van der Waals surface area contributed by atoms with Gasteiger partial charge in [0.05, 0.1) is 37.7 Å². The molecule has 28 heavy (non-hydrogen) atoms. The Labute approximate surface area is 165 Å². The molecule has 0 aliphatic rings. The molecule has 9 nitrogen and oxygen atoms in total. The average molecular weight is 409 g/mol. The minimum atomic E-state index is -1.16. The predicted octanol–water partition coefficient (Wildman–Crippen LogP) is 3.21. The van der Waals surface area contributed by atoms with E-state index in [2.05, 4.69) is 5.32 Å². The van der Waals surface area contributed by atoms with E-state index < -0.39 is 34.9 Å². The Hall–Kier alpha value is -3.33. The second-order valence-corrected chi connectivity index (χ2v) is 6.10. The zero-order valence-electron chi connectivity index (χ0n) is 15.0. The molecule has 0 spiro atoms. The first-order valence-electron chi connectivity index (χ1n) is 7.95. The molecule has 0 aromatic heterocycles. The first-order chi connectivity index (χ1) is 13.3. The van der Waals surface area contributed by atoms with Gasteiger partial charge in [-0.05, 0) is 17.7 Å². The van der Waals surface area contributed by atoms with Crippen molar-refractivity contribution >= 4 is 29.2 Å². The number of halogens is 1. The molecule has 0 bridgehead atoms. The number of ether oxygens (including phenoxy) is 2.